The molecule has 2 N–H and O–H groups in total. The van der Waals surface area contributed by atoms with E-state index in [1.54, 1.807) is 24.3 Å². The Bertz CT molecular complexity index is 779. The lowest BCUT2D eigenvalue weighted by Gasteiger charge is -2.22. The maximum Gasteiger partial charge on any atom is 0.196 e. The molecule has 0 saturated carbocycles. The Hall–Kier alpha value is -2.46. The predicted octanol–water partition coefficient (Wildman–Crippen LogP) is 1.28. The lowest BCUT2D eigenvalue weighted by Crippen LogP contribution is -3.06. The maximum atomic E-state index is 12.9. The zero-order valence-electron chi connectivity index (χ0n) is 13.0. The Morgan fingerprint density at radius 3 is 2.09 bits per heavy atom. The summed E-state index contributed by atoms with van der Waals surface area (Å²) in [6, 6.07) is 10.8. The molecule has 0 fully saturated rings. The second kappa shape index (κ2) is 5.39. The lowest BCUT2D eigenvalue weighted by molar-refractivity contribution is -0.854. The standard InChI is InChI=1S/C18H18N2O2/c1-11-8-9-14(19-10-20(2)3)16-15(11)17(21)12-6-4-5-7-13(12)18(16)22/h4-9,19H,10H2,1-3H3/p+1. The summed E-state index contributed by atoms with van der Waals surface area (Å²) < 4.78 is 0. The van der Waals surface area contributed by atoms with Crippen molar-refractivity contribution in [3.8, 4) is 0 Å². The molecule has 0 saturated heterocycles. The molecule has 0 heterocycles. The molecule has 0 atom stereocenters. The minimum Gasteiger partial charge on any atom is -0.338 e. The van der Waals surface area contributed by atoms with E-state index >= 15 is 0 Å². The minimum absolute atomic E-state index is 0.0662. The van der Waals surface area contributed by atoms with Crippen molar-refractivity contribution in [2.24, 2.45) is 0 Å². The van der Waals surface area contributed by atoms with E-state index in [1.165, 1.54) is 4.90 Å². The van der Waals surface area contributed by atoms with Crippen molar-refractivity contribution in [3.63, 3.8) is 0 Å². The number of quaternary nitrogens is 1. The number of anilines is 1. The first-order valence-corrected chi connectivity index (χ1v) is 7.35. The van der Waals surface area contributed by atoms with Crippen LogP contribution in [0.3, 0.4) is 0 Å². The third-order valence-electron chi connectivity index (χ3n) is 3.92. The van der Waals surface area contributed by atoms with Crippen LogP contribution in [0.1, 0.15) is 37.4 Å². The summed E-state index contributed by atoms with van der Waals surface area (Å²) in [7, 11) is 4.05. The van der Waals surface area contributed by atoms with Gasteiger partial charge in [-0.1, -0.05) is 30.3 Å². The van der Waals surface area contributed by atoms with Crippen LogP contribution < -0.4 is 10.2 Å². The van der Waals surface area contributed by atoms with E-state index < -0.39 is 0 Å². The van der Waals surface area contributed by atoms with Gasteiger partial charge in [-0.15, -0.1) is 0 Å². The van der Waals surface area contributed by atoms with Gasteiger partial charge in [-0.05, 0) is 18.6 Å². The molecule has 2 aromatic carbocycles. The number of ketones is 2. The Kier molecular flexibility index (Phi) is 3.54. The molecule has 1 aliphatic carbocycles. The van der Waals surface area contributed by atoms with Gasteiger partial charge < -0.3 is 10.2 Å². The van der Waals surface area contributed by atoms with Crippen molar-refractivity contribution in [2.75, 3.05) is 26.1 Å². The summed E-state index contributed by atoms with van der Waals surface area (Å²) in [6.07, 6.45) is 0. The lowest BCUT2D eigenvalue weighted by atomic mass is 9.81. The van der Waals surface area contributed by atoms with Gasteiger partial charge in [0.05, 0.1) is 25.3 Å². The van der Waals surface area contributed by atoms with Gasteiger partial charge in [0.1, 0.15) is 6.67 Å². The maximum absolute atomic E-state index is 12.9. The largest absolute Gasteiger partial charge is 0.338 e. The number of nitrogens with one attached hydrogen (secondary N) is 2. The van der Waals surface area contributed by atoms with Crippen molar-refractivity contribution in [1.82, 2.24) is 0 Å². The van der Waals surface area contributed by atoms with Gasteiger partial charge in [-0.3, -0.25) is 9.59 Å². The van der Waals surface area contributed by atoms with Crippen molar-refractivity contribution in [3.05, 3.63) is 64.2 Å². The van der Waals surface area contributed by atoms with E-state index in [0.29, 0.717) is 28.9 Å². The van der Waals surface area contributed by atoms with E-state index in [0.717, 1.165) is 11.3 Å². The molecular weight excluding hydrogens is 276 g/mol. The Balaban J connectivity index is 2.18. The number of benzene rings is 2. The normalized spacial score (nSPS) is 13.1. The van der Waals surface area contributed by atoms with Gasteiger partial charge in [0.25, 0.3) is 0 Å². The van der Waals surface area contributed by atoms with Crippen molar-refractivity contribution in [2.45, 2.75) is 6.92 Å². The molecule has 0 unspecified atom stereocenters. The second-order valence-corrected chi connectivity index (χ2v) is 5.94. The Morgan fingerprint density at radius 2 is 1.50 bits per heavy atom. The summed E-state index contributed by atoms with van der Waals surface area (Å²) in [4.78, 5) is 26.9. The molecule has 112 valence electrons. The van der Waals surface area contributed by atoms with Gasteiger partial charge in [0.15, 0.2) is 11.6 Å². The fourth-order valence-corrected chi connectivity index (χ4v) is 2.80. The van der Waals surface area contributed by atoms with Crippen molar-refractivity contribution in [1.29, 1.82) is 0 Å². The third kappa shape index (κ3) is 2.22. The van der Waals surface area contributed by atoms with Crippen molar-refractivity contribution < 1.29 is 14.5 Å². The fraction of sp³-hybridized carbons (Fsp3) is 0.222. The summed E-state index contributed by atoms with van der Waals surface area (Å²) in [5, 5.41) is 3.27. The van der Waals surface area contributed by atoms with Crippen LogP contribution in [0.5, 0.6) is 0 Å². The number of hydrogen-bond donors (Lipinski definition) is 2. The van der Waals surface area contributed by atoms with Gasteiger partial charge in [-0.25, -0.2) is 0 Å². The van der Waals surface area contributed by atoms with Crippen molar-refractivity contribution >= 4 is 17.3 Å². The van der Waals surface area contributed by atoms with Crippen LogP contribution in [0, 0.1) is 6.92 Å². The summed E-state index contributed by atoms with van der Waals surface area (Å²) >= 11 is 0. The number of fused-ring (bicyclic) bond motifs is 2. The second-order valence-electron chi connectivity index (χ2n) is 5.94. The fourth-order valence-electron chi connectivity index (χ4n) is 2.80. The molecule has 0 amide bonds. The van der Waals surface area contributed by atoms with Crippen LogP contribution in [0.25, 0.3) is 0 Å². The van der Waals surface area contributed by atoms with Crippen LogP contribution in [0.15, 0.2) is 36.4 Å². The highest BCUT2D eigenvalue weighted by Crippen LogP contribution is 2.33. The Labute approximate surface area is 129 Å². The molecule has 0 aliphatic heterocycles. The van der Waals surface area contributed by atoms with Crippen LogP contribution in [0.2, 0.25) is 0 Å². The highest BCUT2D eigenvalue weighted by molar-refractivity contribution is 6.30. The first-order valence-electron chi connectivity index (χ1n) is 7.35. The molecule has 4 heteroatoms. The van der Waals surface area contributed by atoms with Crippen LogP contribution >= 0.6 is 0 Å². The smallest absolute Gasteiger partial charge is 0.196 e. The van der Waals surface area contributed by atoms with E-state index in [2.05, 4.69) is 5.32 Å². The first-order chi connectivity index (χ1) is 10.5. The highest BCUT2D eigenvalue weighted by atomic mass is 16.1. The molecule has 22 heavy (non-hydrogen) atoms. The third-order valence-corrected chi connectivity index (χ3v) is 3.92. The molecule has 0 aromatic heterocycles. The number of rotatable bonds is 3. The number of hydrogen-bond acceptors (Lipinski definition) is 3. The van der Waals surface area contributed by atoms with E-state index in [-0.39, 0.29) is 11.6 Å². The minimum atomic E-state index is -0.0786. The topological polar surface area (TPSA) is 50.6 Å². The van der Waals surface area contributed by atoms with Gasteiger partial charge in [0, 0.05) is 16.7 Å². The zero-order chi connectivity index (χ0) is 15.9. The monoisotopic (exact) mass is 295 g/mol. The SMILES string of the molecule is Cc1ccc(NC[NH+](C)C)c2c1C(=O)c1ccccc1C2=O. The highest BCUT2D eigenvalue weighted by Gasteiger charge is 2.32. The van der Waals surface area contributed by atoms with Gasteiger partial charge in [0.2, 0.25) is 0 Å². The molecule has 1 aliphatic rings. The number of carbonyl (C=O) groups excluding carboxylic acids is 2. The van der Waals surface area contributed by atoms with Crippen LogP contribution in [-0.4, -0.2) is 32.3 Å². The number of carbonyl (C=O) groups is 2. The molecule has 2 aromatic rings. The van der Waals surface area contributed by atoms with E-state index in [9.17, 15) is 9.59 Å². The summed E-state index contributed by atoms with van der Waals surface area (Å²) in [5.74, 6) is -0.145. The molecule has 0 spiro atoms. The summed E-state index contributed by atoms with van der Waals surface area (Å²) in [6.45, 7) is 2.55. The molecule has 3 rings (SSSR count). The van der Waals surface area contributed by atoms with Gasteiger partial charge in [-0.2, -0.15) is 0 Å². The average molecular weight is 295 g/mol. The zero-order valence-corrected chi connectivity index (χ0v) is 13.0. The molecule has 4 nitrogen and oxygen atoms in total. The van der Waals surface area contributed by atoms with E-state index in [4.69, 9.17) is 0 Å². The van der Waals surface area contributed by atoms with Gasteiger partial charge >= 0.3 is 0 Å². The van der Waals surface area contributed by atoms with Crippen LogP contribution in [0.4, 0.5) is 5.69 Å². The number of aryl methyl sites for hydroxylation is 1. The van der Waals surface area contributed by atoms with Crippen LogP contribution in [-0.2, 0) is 0 Å². The average Bonchev–Trinajstić information content (AvgIpc) is 2.51. The molecule has 0 radical (unpaired) electrons. The van der Waals surface area contributed by atoms with E-state index in [1.807, 2.05) is 33.2 Å². The first kappa shape index (κ1) is 14.5. The summed E-state index contributed by atoms with van der Waals surface area (Å²) in [5.41, 5.74) is 3.59. The quantitative estimate of drug-likeness (QED) is 0.716. The predicted molar refractivity (Wildman–Crippen MR) is 85.8 cm³/mol. The Morgan fingerprint density at radius 1 is 0.909 bits per heavy atom. The molecule has 0 bridgehead atoms. The molecular formula is C18H19N2O2+.